The average Bonchev–Trinajstić information content (AvgIpc) is 2.57. The summed E-state index contributed by atoms with van der Waals surface area (Å²) in [5, 5.41) is 0. The standard InChI is InChI=1S/C20H34O4/c1-3-23-18(21)20(19(22)24-4-2)16-14-12-10-8-6-5-7-9-11-13-15-17-20/h8,10H,3-7,9,11-17H2,1-2H3/b10-8+. The van der Waals surface area contributed by atoms with Gasteiger partial charge in [-0.15, -0.1) is 0 Å². The van der Waals surface area contributed by atoms with Crippen LogP contribution in [0.25, 0.3) is 0 Å². The molecule has 4 nitrogen and oxygen atoms in total. The van der Waals surface area contributed by atoms with Crippen LogP contribution in [0.1, 0.15) is 84.5 Å². The number of esters is 2. The summed E-state index contributed by atoms with van der Waals surface area (Å²) in [5.74, 6) is -0.806. The zero-order chi connectivity index (χ0) is 17.7. The van der Waals surface area contributed by atoms with Crippen LogP contribution in [-0.2, 0) is 19.1 Å². The summed E-state index contributed by atoms with van der Waals surface area (Å²) in [6.07, 6.45) is 15.1. The summed E-state index contributed by atoms with van der Waals surface area (Å²) in [4.78, 5) is 25.3. The van der Waals surface area contributed by atoms with Crippen molar-refractivity contribution in [3.05, 3.63) is 12.2 Å². The molecule has 0 saturated heterocycles. The predicted molar refractivity (Wildman–Crippen MR) is 95.6 cm³/mol. The monoisotopic (exact) mass is 338 g/mol. The molecule has 0 aromatic carbocycles. The molecule has 0 aromatic rings. The van der Waals surface area contributed by atoms with Crippen molar-refractivity contribution >= 4 is 11.9 Å². The second kappa shape index (κ2) is 12.1. The van der Waals surface area contributed by atoms with Gasteiger partial charge in [-0.05, 0) is 52.4 Å². The summed E-state index contributed by atoms with van der Waals surface area (Å²) in [5.41, 5.74) is -1.12. The number of allylic oxidation sites excluding steroid dienone is 2. The van der Waals surface area contributed by atoms with Gasteiger partial charge in [0.25, 0.3) is 0 Å². The lowest BCUT2D eigenvalue weighted by Gasteiger charge is -2.29. The van der Waals surface area contributed by atoms with Crippen LogP contribution in [0.3, 0.4) is 0 Å². The fraction of sp³-hybridized carbons (Fsp3) is 0.800. The Balaban J connectivity index is 2.90. The zero-order valence-electron chi connectivity index (χ0n) is 15.5. The average molecular weight is 338 g/mol. The Morgan fingerprint density at radius 1 is 0.750 bits per heavy atom. The third-order valence-electron chi connectivity index (χ3n) is 4.70. The van der Waals surface area contributed by atoms with Gasteiger partial charge >= 0.3 is 11.9 Å². The number of carbonyl (C=O) groups is 2. The van der Waals surface area contributed by atoms with Gasteiger partial charge in [-0.2, -0.15) is 0 Å². The second-order valence-corrected chi connectivity index (χ2v) is 6.55. The van der Waals surface area contributed by atoms with Crippen molar-refractivity contribution < 1.29 is 19.1 Å². The normalized spacial score (nSPS) is 21.2. The Labute approximate surface area is 147 Å². The second-order valence-electron chi connectivity index (χ2n) is 6.55. The summed E-state index contributed by atoms with van der Waals surface area (Å²) >= 11 is 0. The van der Waals surface area contributed by atoms with E-state index in [0.29, 0.717) is 26.1 Å². The van der Waals surface area contributed by atoms with E-state index in [-0.39, 0.29) is 0 Å². The Bertz CT molecular complexity index is 382. The van der Waals surface area contributed by atoms with Crippen LogP contribution in [-0.4, -0.2) is 25.2 Å². The van der Waals surface area contributed by atoms with E-state index in [1.165, 1.54) is 19.3 Å². The van der Waals surface area contributed by atoms with Crippen LogP contribution in [0.15, 0.2) is 12.2 Å². The molecule has 0 N–H and O–H groups in total. The lowest BCUT2D eigenvalue weighted by atomic mass is 9.77. The smallest absolute Gasteiger partial charge is 0.323 e. The van der Waals surface area contributed by atoms with Gasteiger partial charge < -0.3 is 9.47 Å². The van der Waals surface area contributed by atoms with Crippen LogP contribution >= 0.6 is 0 Å². The number of ether oxygens (including phenoxy) is 2. The van der Waals surface area contributed by atoms with Crippen molar-refractivity contribution in [2.45, 2.75) is 84.5 Å². The van der Waals surface area contributed by atoms with E-state index in [1.807, 2.05) is 0 Å². The molecular weight excluding hydrogens is 304 g/mol. The molecule has 1 aliphatic carbocycles. The first-order valence-corrected chi connectivity index (χ1v) is 9.66. The molecule has 24 heavy (non-hydrogen) atoms. The molecule has 0 fully saturated rings. The Morgan fingerprint density at radius 2 is 1.21 bits per heavy atom. The number of hydrogen-bond donors (Lipinski definition) is 0. The minimum absolute atomic E-state index is 0.292. The fourth-order valence-electron chi connectivity index (χ4n) is 3.31. The Kier molecular flexibility index (Phi) is 10.4. The number of rotatable bonds is 4. The molecule has 0 aromatic heterocycles. The topological polar surface area (TPSA) is 52.6 Å². The van der Waals surface area contributed by atoms with E-state index in [9.17, 15) is 9.59 Å². The number of hydrogen-bond acceptors (Lipinski definition) is 4. The van der Waals surface area contributed by atoms with Gasteiger partial charge in [-0.25, -0.2) is 0 Å². The van der Waals surface area contributed by atoms with Crippen molar-refractivity contribution in [1.82, 2.24) is 0 Å². The molecule has 1 rings (SSSR count). The third kappa shape index (κ3) is 6.66. The summed E-state index contributed by atoms with van der Waals surface area (Å²) in [7, 11) is 0. The maximum atomic E-state index is 12.6. The molecule has 138 valence electrons. The molecule has 0 bridgehead atoms. The van der Waals surface area contributed by atoms with Gasteiger partial charge in [0.2, 0.25) is 0 Å². The van der Waals surface area contributed by atoms with Crippen LogP contribution in [0.4, 0.5) is 0 Å². The molecule has 0 amide bonds. The van der Waals surface area contributed by atoms with Crippen LogP contribution < -0.4 is 0 Å². The maximum absolute atomic E-state index is 12.6. The zero-order valence-corrected chi connectivity index (χ0v) is 15.5. The maximum Gasteiger partial charge on any atom is 0.323 e. The third-order valence-corrected chi connectivity index (χ3v) is 4.70. The summed E-state index contributed by atoms with van der Waals surface area (Å²) < 4.78 is 10.5. The van der Waals surface area contributed by atoms with Crippen LogP contribution in [0, 0.1) is 5.41 Å². The molecule has 0 radical (unpaired) electrons. The van der Waals surface area contributed by atoms with Crippen molar-refractivity contribution in [3.8, 4) is 0 Å². The van der Waals surface area contributed by atoms with Crippen molar-refractivity contribution in [2.24, 2.45) is 5.41 Å². The van der Waals surface area contributed by atoms with Gasteiger partial charge in [0, 0.05) is 0 Å². The lowest BCUT2D eigenvalue weighted by Crippen LogP contribution is -2.42. The first kappa shape index (κ1) is 20.7. The quantitative estimate of drug-likeness (QED) is 0.413. The molecule has 0 unspecified atom stereocenters. The molecule has 0 saturated carbocycles. The first-order chi connectivity index (χ1) is 11.7. The predicted octanol–water partition coefficient (Wildman–Crippen LogP) is 4.96. The van der Waals surface area contributed by atoms with Crippen LogP contribution in [0.2, 0.25) is 0 Å². The molecule has 1 aliphatic rings. The van der Waals surface area contributed by atoms with Crippen molar-refractivity contribution in [1.29, 1.82) is 0 Å². The van der Waals surface area contributed by atoms with Crippen LogP contribution in [0.5, 0.6) is 0 Å². The first-order valence-electron chi connectivity index (χ1n) is 9.66. The molecule has 0 spiro atoms. The lowest BCUT2D eigenvalue weighted by molar-refractivity contribution is -0.173. The SMILES string of the molecule is CCOC(=O)C1(C(=O)OCC)CCC/C=C/CCCCCCCC1. The summed E-state index contributed by atoms with van der Waals surface area (Å²) in [6, 6.07) is 0. The highest BCUT2D eigenvalue weighted by molar-refractivity contribution is 6.00. The Hall–Kier alpha value is -1.32. The van der Waals surface area contributed by atoms with Gasteiger partial charge in [-0.1, -0.05) is 44.3 Å². The van der Waals surface area contributed by atoms with E-state index in [4.69, 9.17) is 9.47 Å². The summed E-state index contributed by atoms with van der Waals surface area (Å²) in [6.45, 7) is 4.14. The van der Waals surface area contributed by atoms with Gasteiger partial charge in [0.15, 0.2) is 5.41 Å². The minimum Gasteiger partial charge on any atom is -0.465 e. The highest BCUT2D eigenvalue weighted by atomic mass is 16.6. The van der Waals surface area contributed by atoms with Gasteiger partial charge in [0.05, 0.1) is 13.2 Å². The van der Waals surface area contributed by atoms with E-state index in [2.05, 4.69) is 12.2 Å². The molecule has 0 heterocycles. The van der Waals surface area contributed by atoms with E-state index in [1.54, 1.807) is 13.8 Å². The van der Waals surface area contributed by atoms with E-state index < -0.39 is 17.4 Å². The van der Waals surface area contributed by atoms with Gasteiger partial charge in [-0.3, -0.25) is 9.59 Å². The fourth-order valence-corrected chi connectivity index (χ4v) is 3.31. The van der Waals surface area contributed by atoms with E-state index >= 15 is 0 Å². The molecule has 0 atom stereocenters. The minimum atomic E-state index is -1.12. The van der Waals surface area contributed by atoms with Crippen molar-refractivity contribution in [3.63, 3.8) is 0 Å². The highest BCUT2D eigenvalue weighted by Gasteiger charge is 2.47. The largest absolute Gasteiger partial charge is 0.465 e. The van der Waals surface area contributed by atoms with Gasteiger partial charge in [0.1, 0.15) is 0 Å². The highest BCUT2D eigenvalue weighted by Crippen LogP contribution is 2.35. The Morgan fingerprint density at radius 3 is 1.79 bits per heavy atom. The van der Waals surface area contributed by atoms with E-state index in [0.717, 1.165) is 38.5 Å². The molecular formula is C20H34O4. The molecule has 4 heteroatoms. The number of carbonyl (C=O) groups excluding carboxylic acids is 2. The van der Waals surface area contributed by atoms with Crippen molar-refractivity contribution in [2.75, 3.05) is 13.2 Å². The molecule has 0 aliphatic heterocycles.